The molecular formula is C28H38N2O3. The molecular weight excluding hydrogens is 412 g/mol. The first-order chi connectivity index (χ1) is 15.7. The number of carbonyl (C=O) groups is 1. The molecule has 178 valence electrons. The summed E-state index contributed by atoms with van der Waals surface area (Å²) in [6.45, 7) is 6.48. The molecule has 0 aromatic carbocycles. The van der Waals surface area contributed by atoms with Crippen molar-refractivity contribution in [1.29, 1.82) is 0 Å². The highest BCUT2D eigenvalue weighted by Crippen LogP contribution is 2.66. The summed E-state index contributed by atoms with van der Waals surface area (Å²) in [7, 11) is 0. The van der Waals surface area contributed by atoms with Gasteiger partial charge in [0, 0.05) is 18.8 Å². The molecule has 0 saturated heterocycles. The van der Waals surface area contributed by atoms with Gasteiger partial charge in [0.25, 0.3) is 0 Å². The Balaban J connectivity index is 1.33. The minimum Gasteiger partial charge on any atom is -0.461 e. The van der Waals surface area contributed by atoms with Crippen molar-refractivity contribution < 1.29 is 14.6 Å². The highest BCUT2D eigenvalue weighted by molar-refractivity contribution is 5.76. The summed E-state index contributed by atoms with van der Waals surface area (Å²) in [5.41, 5.74) is 10.5. The highest BCUT2D eigenvalue weighted by atomic mass is 16.5. The molecule has 5 rings (SSSR count). The van der Waals surface area contributed by atoms with Crippen LogP contribution in [0.5, 0.6) is 0 Å². The summed E-state index contributed by atoms with van der Waals surface area (Å²) in [5.74, 6) is 1.58. The molecule has 1 heterocycles. The number of nitrogens with two attached hydrogens (primary N) is 1. The molecule has 5 nitrogen and oxygen atoms in total. The van der Waals surface area contributed by atoms with Crippen LogP contribution in [0.25, 0.3) is 5.57 Å². The van der Waals surface area contributed by atoms with Gasteiger partial charge in [0.05, 0.1) is 6.10 Å². The zero-order chi connectivity index (χ0) is 23.4. The lowest BCUT2D eigenvalue weighted by atomic mass is 9.47. The SMILES string of the molecule is CC(O)[C@H](N)C(=O)O[C@H]1CC[C@@]2(C)C(=CC[C@@H]3[C@@H]2CC[C@]2(C)C(c4cccnc4)=CC[C@@H]32)C1. The first kappa shape index (κ1) is 22.8. The van der Waals surface area contributed by atoms with Gasteiger partial charge in [-0.3, -0.25) is 9.78 Å². The van der Waals surface area contributed by atoms with E-state index in [0.29, 0.717) is 17.8 Å². The predicted octanol–water partition coefficient (Wildman–Crippen LogP) is 4.66. The van der Waals surface area contributed by atoms with E-state index in [-0.39, 0.29) is 16.9 Å². The quantitative estimate of drug-likeness (QED) is 0.515. The van der Waals surface area contributed by atoms with E-state index in [1.165, 1.54) is 42.9 Å². The summed E-state index contributed by atoms with van der Waals surface area (Å²) in [5, 5.41) is 9.62. The van der Waals surface area contributed by atoms with Crippen LogP contribution in [0, 0.1) is 28.6 Å². The van der Waals surface area contributed by atoms with Crippen LogP contribution in [0.3, 0.4) is 0 Å². The Hall–Kier alpha value is -1.98. The normalized spacial score (nSPS) is 39.3. The Kier molecular flexibility index (Phi) is 5.77. The van der Waals surface area contributed by atoms with Gasteiger partial charge in [0.1, 0.15) is 12.1 Å². The molecule has 1 aromatic heterocycles. The van der Waals surface area contributed by atoms with Crippen LogP contribution >= 0.6 is 0 Å². The van der Waals surface area contributed by atoms with Crippen molar-refractivity contribution in [2.45, 2.75) is 84.0 Å². The first-order valence-corrected chi connectivity index (χ1v) is 12.7. The summed E-state index contributed by atoms with van der Waals surface area (Å²) in [6, 6.07) is 3.29. The maximum Gasteiger partial charge on any atom is 0.325 e. The number of aliphatic hydroxyl groups is 1. The van der Waals surface area contributed by atoms with E-state index in [9.17, 15) is 9.90 Å². The number of hydrogen-bond acceptors (Lipinski definition) is 5. The van der Waals surface area contributed by atoms with Crippen molar-refractivity contribution in [2.24, 2.45) is 34.3 Å². The molecule has 1 aromatic rings. The van der Waals surface area contributed by atoms with Gasteiger partial charge in [-0.05, 0) is 91.2 Å². The van der Waals surface area contributed by atoms with E-state index in [1.807, 2.05) is 12.4 Å². The molecule has 33 heavy (non-hydrogen) atoms. The van der Waals surface area contributed by atoms with E-state index in [2.05, 4.69) is 43.1 Å². The molecule has 3 N–H and O–H groups in total. The number of ether oxygens (including phenoxy) is 1. The number of aliphatic hydroxyl groups excluding tert-OH is 1. The number of aromatic nitrogens is 1. The first-order valence-electron chi connectivity index (χ1n) is 12.7. The Bertz CT molecular complexity index is 971. The smallest absolute Gasteiger partial charge is 0.325 e. The summed E-state index contributed by atoms with van der Waals surface area (Å²) in [6.07, 6.45) is 15.3. The second-order valence-electron chi connectivity index (χ2n) is 11.4. The molecule has 2 fully saturated rings. The highest BCUT2D eigenvalue weighted by Gasteiger charge is 2.57. The predicted molar refractivity (Wildman–Crippen MR) is 129 cm³/mol. The van der Waals surface area contributed by atoms with Crippen LogP contribution in [-0.4, -0.2) is 34.3 Å². The van der Waals surface area contributed by atoms with Gasteiger partial charge < -0.3 is 15.6 Å². The third-order valence-corrected chi connectivity index (χ3v) is 9.69. The zero-order valence-corrected chi connectivity index (χ0v) is 20.2. The Morgan fingerprint density at radius 3 is 2.70 bits per heavy atom. The summed E-state index contributed by atoms with van der Waals surface area (Å²) >= 11 is 0. The minimum atomic E-state index is -0.970. The maximum absolute atomic E-state index is 12.3. The molecule has 4 aliphatic rings. The second kappa shape index (κ2) is 8.35. The van der Waals surface area contributed by atoms with Gasteiger partial charge in [-0.25, -0.2) is 0 Å². The minimum absolute atomic E-state index is 0.127. The lowest BCUT2D eigenvalue weighted by Crippen LogP contribution is -2.50. The average molecular weight is 451 g/mol. The van der Waals surface area contributed by atoms with Crippen LogP contribution in [0.2, 0.25) is 0 Å². The molecule has 2 saturated carbocycles. The lowest BCUT2D eigenvalue weighted by Gasteiger charge is -2.57. The number of fused-ring (bicyclic) bond motifs is 5. The van der Waals surface area contributed by atoms with Crippen molar-refractivity contribution in [1.82, 2.24) is 4.98 Å². The van der Waals surface area contributed by atoms with Crippen molar-refractivity contribution in [3.05, 3.63) is 47.8 Å². The van der Waals surface area contributed by atoms with E-state index in [0.717, 1.165) is 25.7 Å². The van der Waals surface area contributed by atoms with E-state index in [1.54, 1.807) is 0 Å². The molecule has 0 spiro atoms. The van der Waals surface area contributed by atoms with Gasteiger partial charge in [0.15, 0.2) is 0 Å². The largest absolute Gasteiger partial charge is 0.461 e. The van der Waals surface area contributed by atoms with Gasteiger partial charge in [-0.2, -0.15) is 0 Å². The van der Waals surface area contributed by atoms with Crippen molar-refractivity contribution in [3.8, 4) is 0 Å². The number of allylic oxidation sites excluding steroid dienone is 3. The molecule has 0 bridgehead atoms. The number of esters is 1. The number of pyridine rings is 1. The summed E-state index contributed by atoms with van der Waals surface area (Å²) in [4.78, 5) is 16.7. The van der Waals surface area contributed by atoms with Crippen LogP contribution in [0.1, 0.15) is 71.3 Å². The molecule has 1 unspecified atom stereocenters. The van der Waals surface area contributed by atoms with E-state index < -0.39 is 18.1 Å². The van der Waals surface area contributed by atoms with Gasteiger partial charge in [-0.15, -0.1) is 0 Å². The van der Waals surface area contributed by atoms with Crippen molar-refractivity contribution >= 4 is 11.5 Å². The molecule has 8 atom stereocenters. The standard InChI is InChI=1S/C28H38N2O3/c1-17(31)25(29)26(32)33-20-10-12-27(2)19(15-20)6-7-21-23-9-8-22(18-5-4-14-30-16-18)28(23,3)13-11-24(21)27/h4-6,8,14,16-17,20-21,23-25,31H,7,9-13,15,29H2,1-3H3/t17?,20-,21-,23-,24-,25-,27-,28+/m0/s1. The zero-order valence-electron chi connectivity index (χ0n) is 20.2. The Morgan fingerprint density at radius 2 is 1.97 bits per heavy atom. The number of carbonyl (C=O) groups excluding carboxylic acids is 1. The Labute approximate surface area is 197 Å². The molecule has 5 heteroatoms. The molecule has 0 aliphatic heterocycles. The summed E-state index contributed by atoms with van der Waals surface area (Å²) < 4.78 is 5.71. The second-order valence-corrected chi connectivity index (χ2v) is 11.4. The molecule has 0 amide bonds. The lowest BCUT2D eigenvalue weighted by molar-refractivity contribution is -0.155. The van der Waals surface area contributed by atoms with Crippen LogP contribution in [-0.2, 0) is 9.53 Å². The number of hydrogen-bond donors (Lipinski definition) is 2. The fourth-order valence-electron chi connectivity index (χ4n) is 7.70. The molecule has 4 aliphatic carbocycles. The van der Waals surface area contributed by atoms with E-state index >= 15 is 0 Å². The fraction of sp³-hybridized carbons (Fsp3) is 0.643. The van der Waals surface area contributed by atoms with Crippen molar-refractivity contribution in [2.75, 3.05) is 0 Å². The third-order valence-electron chi connectivity index (χ3n) is 9.69. The van der Waals surface area contributed by atoms with Crippen LogP contribution < -0.4 is 5.73 Å². The number of rotatable bonds is 4. The fourth-order valence-corrected chi connectivity index (χ4v) is 7.70. The van der Waals surface area contributed by atoms with Gasteiger partial charge in [-0.1, -0.05) is 37.6 Å². The van der Waals surface area contributed by atoms with Gasteiger partial charge in [0.2, 0.25) is 0 Å². The monoisotopic (exact) mass is 450 g/mol. The van der Waals surface area contributed by atoms with Crippen LogP contribution in [0.4, 0.5) is 0 Å². The van der Waals surface area contributed by atoms with Crippen LogP contribution in [0.15, 0.2) is 42.3 Å². The Morgan fingerprint density at radius 1 is 1.18 bits per heavy atom. The molecule has 0 radical (unpaired) electrons. The van der Waals surface area contributed by atoms with Crippen molar-refractivity contribution in [3.63, 3.8) is 0 Å². The van der Waals surface area contributed by atoms with E-state index in [4.69, 9.17) is 10.5 Å². The van der Waals surface area contributed by atoms with Gasteiger partial charge >= 0.3 is 5.97 Å². The third kappa shape index (κ3) is 3.68. The topological polar surface area (TPSA) is 85.4 Å². The maximum atomic E-state index is 12.3. The number of nitrogens with zero attached hydrogens (tertiary/aromatic N) is 1. The average Bonchev–Trinajstić information content (AvgIpc) is 3.16.